The molecule has 0 aliphatic carbocycles. The lowest BCUT2D eigenvalue weighted by atomic mass is 10.1. The number of carbonyl (C=O) groups is 1. The molecule has 2 N–H and O–H groups in total. The van der Waals surface area contributed by atoms with E-state index in [9.17, 15) is 4.79 Å². The molecule has 1 fully saturated rings. The van der Waals surface area contributed by atoms with Gasteiger partial charge in [-0.2, -0.15) is 0 Å². The summed E-state index contributed by atoms with van der Waals surface area (Å²) in [4.78, 5) is 11.8. The molecule has 94 valence electrons. The van der Waals surface area contributed by atoms with E-state index in [1.54, 1.807) is 0 Å². The van der Waals surface area contributed by atoms with E-state index in [0.29, 0.717) is 12.5 Å². The van der Waals surface area contributed by atoms with Crippen LogP contribution in [0.3, 0.4) is 0 Å². The van der Waals surface area contributed by atoms with E-state index in [0.717, 1.165) is 24.5 Å². The van der Waals surface area contributed by atoms with Crippen LogP contribution in [-0.4, -0.2) is 18.5 Å². The second-order valence-corrected chi connectivity index (χ2v) is 4.74. The van der Waals surface area contributed by atoms with Gasteiger partial charge in [0, 0.05) is 12.5 Å². The first-order valence-corrected chi connectivity index (χ1v) is 6.24. The van der Waals surface area contributed by atoms with Crippen LogP contribution in [0.1, 0.15) is 43.7 Å². The Morgan fingerprint density at radius 2 is 2.47 bits per heavy atom. The fourth-order valence-corrected chi connectivity index (χ4v) is 2.21. The van der Waals surface area contributed by atoms with Gasteiger partial charge < -0.3 is 15.1 Å². The highest BCUT2D eigenvalue weighted by Gasteiger charge is 2.19. The van der Waals surface area contributed by atoms with Gasteiger partial charge in [-0.3, -0.25) is 4.79 Å². The van der Waals surface area contributed by atoms with Crippen LogP contribution in [0.4, 0.5) is 0 Å². The Hall–Kier alpha value is -1.29. The van der Waals surface area contributed by atoms with E-state index in [1.807, 2.05) is 26.0 Å². The largest absolute Gasteiger partial charge is 0.464 e. The molecule has 0 spiro atoms. The lowest BCUT2D eigenvalue weighted by Crippen LogP contribution is -2.33. The van der Waals surface area contributed by atoms with Crippen molar-refractivity contribution in [3.05, 3.63) is 23.7 Å². The van der Waals surface area contributed by atoms with Gasteiger partial charge in [0.2, 0.25) is 5.91 Å². The molecule has 1 aromatic rings. The molecular weight excluding hydrogens is 216 g/mol. The van der Waals surface area contributed by atoms with Crippen LogP contribution >= 0.6 is 0 Å². The van der Waals surface area contributed by atoms with Gasteiger partial charge in [0.15, 0.2) is 0 Å². The van der Waals surface area contributed by atoms with Crippen molar-refractivity contribution in [2.24, 2.45) is 0 Å². The molecule has 4 nitrogen and oxygen atoms in total. The zero-order valence-corrected chi connectivity index (χ0v) is 10.5. The second-order valence-electron chi connectivity index (χ2n) is 4.74. The fraction of sp³-hybridized carbons (Fsp3) is 0.615. The van der Waals surface area contributed by atoms with Gasteiger partial charge >= 0.3 is 0 Å². The van der Waals surface area contributed by atoms with Gasteiger partial charge in [0.05, 0.1) is 6.04 Å². The van der Waals surface area contributed by atoms with Gasteiger partial charge in [0.25, 0.3) is 0 Å². The zero-order valence-electron chi connectivity index (χ0n) is 10.5. The van der Waals surface area contributed by atoms with E-state index < -0.39 is 0 Å². The van der Waals surface area contributed by atoms with Crippen molar-refractivity contribution in [3.8, 4) is 0 Å². The highest BCUT2D eigenvalue weighted by molar-refractivity contribution is 5.77. The SMILES string of the molecule is Cc1ccc(C(C)NC(=O)CC2CCCN2)o1. The molecule has 0 saturated carbocycles. The molecular formula is C13H20N2O2. The predicted molar refractivity (Wildman–Crippen MR) is 65.6 cm³/mol. The number of rotatable bonds is 4. The number of aryl methyl sites for hydroxylation is 1. The van der Waals surface area contributed by atoms with E-state index in [2.05, 4.69) is 10.6 Å². The molecule has 0 radical (unpaired) electrons. The van der Waals surface area contributed by atoms with Crippen molar-refractivity contribution >= 4 is 5.91 Å². The molecule has 1 amide bonds. The summed E-state index contributed by atoms with van der Waals surface area (Å²) in [6.45, 7) is 4.88. The number of hydrogen-bond acceptors (Lipinski definition) is 3. The molecule has 1 aliphatic heterocycles. The standard InChI is InChI=1S/C13H20N2O2/c1-9-5-6-12(17-9)10(2)15-13(16)8-11-4-3-7-14-11/h5-6,10-11,14H,3-4,7-8H2,1-2H3,(H,15,16). The number of hydrogen-bond donors (Lipinski definition) is 2. The van der Waals surface area contributed by atoms with Crippen molar-refractivity contribution in [1.29, 1.82) is 0 Å². The highest BCUT2D eigenvalue weighted by atomic mass is 16.3. The Bertz CT molecular complexity index is 381. The first kappa shape index (κ1) is 12.2. The van der Waals surface area contributed by atoms with Gasteiger partial charge in [-0.05, 0) is 45.4 Å². The predicted octanol–water partition coefficient (Wildman–Crippen LogP) is 1.91. The second kappa shape index (κ2) is 5.36. The van der Waals surface area contributed by atoms with E-state index in [4.69, 9.17) is 4.42 Å². The third-order valence-electron chi connectivity index (χ3n) is 3.16. The van der Waals surface area contributed by atoms with E-state index >= 15 is 0 Å². The number of carbonyl (C=O) groups excluding carboxylic acids is 1. The summed E-state index contributed by atoms with van der Waals surface area (Å²) in [5.41, 5.74) is 0. The first-order valence-electron chi connectivity index (χ1n) is 6.24. The molecule has 2 atom stereocenters. The van der Waals surface area contributed by atoms with Crippen molar-refractivity contribution in [1.82, 2.24) is 10.6 Å². The molecule has 2 unspecified atom stereocenters. The Labute approximate surface area is 102 Å². The molecule has 1 aliphatic rings. The van der Waals surface area contributed by atoms with Gasteiger partial charge in [-0.15, -0.1) is 0 Å². The van der Waals surface area contributed by atoms with Crippen LogP contribution < -0.4 is 10.6 Å². The van der Waals surface area contributed by atoms with Crippen molar-refractivity contribution < 1.29 is 9.21 Å². The molecule has 2 rings (SSSR count). The summed E-state index contributed by atoms with van der Waals surface area (Å²) in [5, 5.41) is 6.28. The molecule has 17 heavy (non-hydrogen) atoms. The van der Waals surface area contributed by atoms with Gasteiger partial charge in [-0.1, -0.05) is 0 Å². The van der Waals surface area contributed by atoms with Gasteiger partial charge in [0.1, 0.15) is 11.5 Å². The lowest BCUT2D eigenvalue weighted by molar-refractivity contribution is -0.122. The summed E-state index contributed by atoms with van der Waals surface area (Å²) in [5.74, 6) is 1.78. The molecule has 1 saturated heterocycles. The monoisotopic (exact) mass is 236 g/mol. The fourth-order valence-electron chi connectivity index (χ4n) is 2.21. The third-order valence-corrected chi connectivity index (χ3v) is 3.16. The summed E-state index contributed by atoms with van der Waals surface area (Å²) in [6, 6.07) is 4.11. The van der Waals surface area contributed by atoms with Crippen molar-refractivity contribution in [2.75, 3.05) is 6.54 Å². The Kier molecular flexibility index (Phi) is 3.84. The minimum Gasteiger partial charge on any atom is -0.464 e. The molecule has 0 aromatic carbocycles. The van der Waals surface area contributed by atoms with E-state index in [1.165, 1.54) is 6.42 Å². The minimum absolute atomic E-state index is 0.0578. The molecule has 0 bridgehead atoms. The third kappa shape index (κ3) is 3.33. The summed E-state index contributed by atoms with van der Waals surface area (Å²) < 4.78 is 5.49. The molecule has 1 aromatic heterocycles. The van der Waals surface area contributed by atoms with Crippen LogP contribution in [0, 0.1) is 6.92 Å². The van der Waals surface area contributed by atoms with Crippen molar-refractivity contribution in [2.45, 2.75) is 45.2 Å². The maximum atomic E-state index is 11.8. The minimum atomic E-state index is -0.0578. The Morgan fingerprint density at radius 3 is 3.06 bits per heavy atom. The highest BCUT2D eigenvalue weighted by Crippen LogP contribution is 2.16. The summed E-state index contributed by atoms with van der Waals surface area (Å²) in [7, 11) is 0. The maximum absolute atomic E-state index is 11.8. The first-order chi connectivity index (χ1) is 8.15. The van der Waals surface area contributed by atoms with Crippen LogP contribution in [0.25, 0.3) is 0 Å². The Balaban J connectivity index is 1.81. The van der Waals surface area contributed by atoms with E-state index in [-0.39, 0.29) is 11.9 Å². The lowest BCUT2D eigenvalue weighted by Gasteiger charge is -2.14. The average Bonchev–Trinajstić information content (AvgIpc) is 2.89. The topological polar surface area (TPSA) is 54.3 Å². The zero-order chi connectivity index (χ0) is 12.3. The average molecular weight is 236 g/mol. The summed E-state index contributed by atoms with van der Waals surface area (Å²) in [6.07, 6.45) is 2.83. The van der Waals surface area contributed by atoms with Crippen LogP contribution in [-0.2, 0) is 4.79 Å². The van der Waals surface area contributed by atoms with Crippen LogP contribution in [0.5, 0.6) is 0 Å². The molecule has 4 heteroatoms. The quantitative estimate of drug-likeness (QED) is 0.839. The van der Waals surface area contributed by atoms with Gasteiger partial charge in [-0.25, -0.2) is 0 Å². The number of amides is 1. The van der Waals surface area contributed by atoms with Crippen LogP contribution in [0.2, 0.25) is 0 Å². The Morgan fingerprint density at radius 1 is 1.65 bits per heavy atom. The van der Waals surface area contributed by atoms with Crippen LogP contribution in [0.15, 0.2) is 16.5 Å². The molecule has 2 heterocycles. The normalized spacial score (nSPS) is 21.4. The van der Waals surface area contributed by atoms with Crippen molar-refractivity contribution in [3.63, 3.8) is 0 Å². The smallest absolute Gasteiger partial charge is 0.222 e. The number of nitrogens with one attached hydrogen (secondary N) is 2. The maximum Gasteiger partial charge on any atom is 0.222 e. The number of furan rings is 1. The summed E-state index contributed by atoms with van der Waals surface area (Å²) >= 11 is 0.